The SMILES string of the molecule is Cc1onc(-c2c(F)cccc2Cl)c1C(=O)NC1CCC(C(=O)O)CC1. The predicted octanol–water partition coefficient (Wildman–Crippen LogP) is 3.82. The molecule has 1 fully saturated rings. The summed E-state index contributed by atoms with van der Waals surface area (Å²) < 4.78 is 19.3. The molecule has 1 amide bonds. The first kappa shape index (κ1) is 18.4. The molecule has 0 unspecified atom stereocenters. The number of rotatable bonds is 4. The van der Waals surface area contributed by atoms with Gasteiger partial charge in [-0.05, 0) is 44.7 Å². The Kier molecular flexibility index (Phi) is 5.27. The van der Waals surface area contributed by atoms with Crippen molar-refractivity contribution in [2.45, 2.75) is 38.6 Å². The van der Waals surface area contributed by atoms with Crippen LogP contribution in [0, 0.1) is 18.7 Å². The summed E-state index contributed by atoms with van der Waals surface area (Å²) in [6.07, 6.45) is 2.16. The van der Waals surface area contributed by atoms with Gasteiger partial charge >= 0.3 is 5.97 Å². The first-order valence-corrected chi connectivity index (χ1v) is 8.70. The molecule has 1 aromatic heterocycles. The maximum Gasteiger partial charge on any atom is 0.306 e. The fourth-order valence-electron chi connectivity index (χ4n) is 3.28. The van der Waals surface area contributed by atoms with Gasteiger partial charge in [0.2, 0.25) is 0 Å². The summed E-state index contributed by atoms with van der Waals surface area (Å²) in [5, 5.41) is 15.9. The van der Waals surface area contributed by atoms with E-state index in [4.69, 9.17) is 21.2 Å². The zero-order valence-electron chi connectivity index (χ0n) is 14.1. The Morgan fingerprint density at radius 1 is 1.31 bits per heavy atom. The van der Waals surface area contributed by atoms with Crippen LogP contribution in [0.25, 0.3) is 11.3 Å². The van der Waals surface area contributed by atoms with E-state index in [0.717, 1.165) is 0 Å². The van der Waals surface area contributed by atoms with E-state index in [1.807, 2.05) is 0 Å². The molecule has 0 aliphatic heterocycles. The molecule has 1 aliphatic rings. The van der Waals surface area contributed by atoms with E-state index in [-0.39, 0.29) is 39.6 Å². The number of carbonyl (C=O) groups excluding carboxylic acids is 1. The van der Waals surface area contributed by atoms with E-state index in [9.17, 15) is 14.0 Å². The minimum absolute atomic E-state index is 0.0192. The van der Waals surface area contributed by atoms with Crippen LogP contribution in [0.5, 0.6) is 0 Å². The lowest BCUT2D eigenvalue weighted by molar-refractivity contribution is -0.142. The molecule has 0 atom stereocenters. The third kappa shape index (κ3) is 3.58. The van der Waals surface area contributed by atoms with Gasteiger partial charge in [0.15, 0.2) is 0 Å². The van der Waals surface area contributed by atoms with Crippen LogP contribution in [-0.2, 0) is 4.79 Å². The Labute approximate surface area is 154 Å². The predicted molar refractivity (Wildman–Crippen MR) is 92.5 cm³/mol. The molecule has 6 nitrogen and oxygen atoms in total. The highest BCUT2D eigenvalue weighted by molar-refractivity contribution is 6.33. The number of hydrogen-bond acceptors (Lipinski definition) is 4. The molecule has 1 saturated carbocycles. The standard InChI is InChI=1S/C18H18ClFN2O4/c1-9-14(16(22-26-9)15-12(19)3-2-4-13(15)20)17(23)21-11-7-5-10(6-8-11)18(24)25/h2-4,10-11H,5-8H2,1H3,(H,21,23)(H,24,25). The highest BCUT2D eigenvalue weighted by Crippen LogP contribution is 2.33. The molecular weight excluding hydrogens is 363 g/mol. The summed E-state index contributed by atoms with van der Waals surface area (Å²) in [5.74, 6) is -1.94. The van der Waals surface area contributed by atoms with Crippen molar-refractivity contribution in [1.82, 2.24) is 10.5 Å². The summed E-state index contributed by atoms with van der Waals surface area (Å²) in [4.78, 5) is 23.8. The molecule has 0 saturated heterocycles. The van der Waals surface area contributed by atoms with Gasteiger partial charge in [-0.1, -0.05) is 22.8 Å². The van der Waals surface area contributed by atoms with Gasteiger partial charge in [-0.3, -0.25) is 9.59 Å². The number of aliphatic carboxylic acids is 1. The molecule has 138 valence electrons. The third-order valence-corrected chi connectivity index (χ3v) is 5.02. The quantitative estimate of drug-likeness (QED) is 0.841. The molecule has 3 rings (SSSR count). The maximum absolute atomic E-state index is 14.2. The van der Waals surface area contributed by atoms with E-state index >= 15 is 0 Å². The van der Waals surface area contributed by atoms with Crippen molar-refractivity contribution in [1.29, 1.82) is 0 Å². The van der Waals surface area contributed by atoms with E-state index in [1.54, 1.807) is 6.92 Å². The largest absolute Gasteiger partial charge is 0.481 e. The molecule has 0 spiro atoms. The van der Waals surface area contributed by atoms with Crippen LogP contribution in [-0.4, -0.2) is 28.2 Å². The third-order valence-electron chi connectivity index (χ3n) is 4.70. The van der Waals surface area contributed by atoms with Crippen molar-refractivity contribution >= 4 is 23.5 Å². The van der Waals surface area contributed by atoms with Crippen LogP contribution in [0.1, 0.15) is 41.8 Å². The number of amides is 1. The fourth-order valence-corrected chi connectivity index (χ4v) is 3.53. The van der Waals surface area contributed by atoms with E-state index in [1.165, 1.54) is 18.2 Å². The summed E-state index contributed by atoms with van der Waals surface area (Å²) in [5.41, 5.74) is 0.213. The fraction of sp³-hybridized carbons (Fsp3) is 0.389. The number of nitrogens with one attached hydrogen (secondary N) is 1. The Morgan fingerprint density at radius 3 is 2.62 bits per heavy atom. The summed E-state index contributed by atoms with van der Waals surface area (Å²) in [6.45, 7) is 1.57. The highest BCUT2D eigenvalue weighted by Gasteiger charge is 2.30. The molecule has 1 aliphatic carbocycles. The van der Waals surface area contributed by atoms with Crippen molar-refractivity contribution in [3.63, 3.8) is 0 Å². The van der Waals surface area contributed by atoms with Gasteiger partial charge in [0.1, 0.15) is 22.8 Å². The minimum atomic E-state index is -0.805. The first-order chi connectivity index (χ1) is 12.4. The molecule has 0 radical (unpaired) electrons. The van der Waals surface area contributed by atoms with Gasteiger partial charge in [0.05, 0.1) is 16.5 Å². The smallest absolute Gasteiger partial charge is 0.306 e. The van der Waals surface area contributed by atoms with Gasteiger partial charge in [0.25, 0.3) is 5.91 Å². The number of aromatic nitrogens is 1. The van der Waals surface area contributed by atoms with Gasteiger partial charge < -0.3 is 14.9 Å². The molecule has 26 heavy (non-hydrogen) atoms. The Morgan fingerprint density at radius 2 is 2.00 bits per heavy atom. The van der Waals surface area contributed by atoms with E-state index < -0.39 is 17.7 Å². The van der Waals surface area contributed by atoms with Crippen LogP contribution in [0.2, 0.25) is 5.02 Å². The second-order valence-electron chi connectivity index (χ2n) is 6.42. The first-order valence-electron chi connectivity index (χ1n) is 8.32. The van der Waals surface area contributed by atoms with Crippen molar-refractivity contribution < 1.29 is 23.6 Å². The maximum atomic E-state index is 14.2. The van der Waals surface area contributed by atoms with Crippen molar-refractivity contribution in [2.24, 2.45) is 5.92 Å². The van der Waals surface area contributed by atoms with E-state index in [2.05, 4.69) is 10.5 Å². The monoisotopic (exact) mass is 380 g/mol. The summed E-state index contributed by atoms with van der Waals surface area (Å²) in [7, 11) is 0. The number of benzene rings is 1. The number of carbonyl (C=O) groups is 2. The Balaban J connectivity index is 1.81. The van der Waals surface area contributed by atoms with Crippen LogP contribution in [0.3, 0.4) is 0 Å². The zero-order valence-corrected chi connectivity index (χ0v) is 14.8. The van der Waals surface area contributed by atoms with Gasteiger partial charge in [-0.2, -0.15) is 0 Å². The molecule has 1 aromatic carbocycles. The zero-order chi connectivity index (χ0) is 18.8. The molecule has 8 heteroatoms. The number of nitrogens with zero attached hydrogens (tertiary/aromatic N) is 1. The molecule has 2 aromatic rings. The number of aryl methyl sites for hydroxylation is 1. The number of carboxylic acid groups (broad SMARTS) is 1. The Hall–Kier alpha value is -2.41. The topological polar surface area (TPSA) is 92.4 Å². The van der Waals surface area contributed by atoms with Crippen LogP contribution in [0.15, 0.2) is 22.7 Å². The van der Waals surface area contributed by atoms with Crippen molar-refractivity contribution in [2.75, 3.05) is 0 Å². The average molecular weight is 381 g/mol. The number of halogens is 2. The van der Waals surface area contributed by atoms with Crippen molar-refractivity contribution in [3.8, 4) is 11.3 Å². The van der Waals surface area contributed by atoms with E-state index in [0.29, 0.717) is 25.7 Å². The second-order valence-corrected chi connectivity index (χ2v) is 6.83. The minimum Gasteiger partial charge on any atom is -0.481 e. The van der Waals surface area contributed by atoms with Crippen molar-refractivity contribution in [3.05, 3.63) is 40.4 Å². The molecule has 1 heterocycles. The Bertz CT molecular complexity index is 823. The lowest BCUT2D eigenvalue weighted by Crippen LogP contribution is -2.39. The average Bonchev–Trinajstić information content (AvgIpc) is 2.96. The molecule has 0 bridgehead atoms. The summed E-state index contributed by atoms with van der Waals surface area (Å²) >= 11 is 6.08. The normalized spacial score (nSPS) is 20.0. The number of hydrogen-bond donors (Lipinski definition) is 2. The lowest BCUT2D eigenvalue weighted by Gasteiger charge is -2.26. The van der Waals surface area contributed by atoms with Crippen LogP contribution in [0.4, 0.5) is 4.39 Å². The van der Waals surface area contributed by atoms with Crippen LogP contribution >= 0.6 is 11.6 Å². The van der Waals surface area contributed by atoms with Gasteiger partial charge in [-0.15, -0.1) is 0 Å². The lowest BCUT2D eigenvalue weighted by atomic mass is 9.86. The second kappa shape index (κ2) is 7.45. The number of carboxylic acids is 1. The van der Waals surface area contributed by atoms with Crippen LogP contribution < -0.4 is 5.32 Å². The van der Waals surface area contributed by atoms with Gasteiger partial charge in [0, 0.05) is 6.04 Å². The summed E-state index contributed by atoms with van der Waals surface area (Å²) in [6, 6.07) is 4.07. The highest BCUT2D eigenvalue weighted by atomic mass is 35.5. The van der Waals surface area contributed by atoms with Gasteiger partial charge in [-0.25, -0.2) is 4.39 Å². The molecule has 2 N–H and O–H groups in total. The molecular formula is C18H18ClFN2O4.